The van der Waals surface area contributed by atoms with Crippen molar-refractivity contribution in [2.45, 2.75) is 13.5 Å². The first-order valence-corrected chi connectivity index (χ1v) is 8.35. The zero-order chi connectivity index (χ0) is 19.4. The largest absolute Gasteiger partial charge is 0.465 e. The van der Waals surface area contributed by atoms with Gasteiger partial charge in [-0.2, -0.15) is 0 Å². The summed E-state index contributed by atoms with van der Waals surface area (Å²) < 4.78 is 0. The number of para-hydroxylation sites is 1. The van der Waals surface area contributed by atoms with Crippen LogP contribution in [0.1, 0.15) is 21.6 Å². The van der Waals surface area contributed by atoms with E-state index in [9.17, 15) is 9.59 Å². The zero-order valence-electron chi connectivity index (χ0n) is 14.7. The number of hydrogen-bond acceptors (Lipinski definition) is 3. The highest BCUT2D eigenvalue weighted by molar-refractivity contribution is 5.96. The smallest absolute Gasteiger partial charge is 0.409 e. The summed E-state index contributed by atoms with van der Waals surface area (Å²) in [6.07, 6.45) is -1.09. The summed E-state index contributed by atoms with van der Waals surface area (Å²) in [6.45, 7) is 2.37. The molecule has 0 aliphatic carbocycles. The highest BCUT2D eigenvalue weighted by atomic mass is 16.4. The van der Waals surface area contributed by atoms with Crippen LogP contribution < -0.4 is 16.4 Å². The summed E-state index contributed by atoms with van der Waals surface area (Å²) in [5, 5.41) is 14.4. The van der Waals surface area contributed by atoms with Crippen molar-refractivity contribution < 1.29 is 14.7 Å². The Morgan fingerprint density at radius 1 is 1.11 bits per heavy atom. The molecule has 2 aromatic carbocycles. The fourth-order valence-electron chi connectivity index (χ4n) is 2.86. The fourth-order valence-corrected chi connectivity index (χ4v) is 2.86. The number of anilines is 2. The van der Waals surface area contributed by atoms with E-state index in [1.54, 1.807) is 18.2 Å². The summed E-state index contributed by atoms with van der Waals surface area (Å²) in [7, 11) is 0. The first-order chi connectivity index (χ1) is 12.9. The van der Waals surface area contributed by atoms with Crippen molar-refractivity contribution in [2.75, 3.05) is 10.6 Å². The Morgan fingerprint density at radius 3 is 2.44 bits per heavy atom. The van der Waals surface area contributed by atoms with E-state index < -0.39 is 12.0 Å². The minimum atomic E-state index is -1.09. The number of carbonyl (C=O) groups is 2. The molecule has 138 valence electrons. The molecule has 0 saturated carbocycles. The van der Waals surface area contributed by atoms with Gasteiger partial charge in [0.2, 0.25) is 0 Å². The molecule has 0 saturated heterocycles. The summed E-state index contributed by atoms with van der Waals surface area (Å²) in [5.41, 5.74) is 10.8. The Morgan fingerprint density at radius 2 is 1.81 bits per heavy atom. The van der Waals surface area contributed by atoms with Gasteiger partial charge in [0.1, 0.15) is 0 Å². The summed E-state index contributed by atoms with van der Waals surface area (Å²) >= 11 is 0. The van der Waals surface area contributed by atoms with Crippen molar-refractivity contribution in [2.24, 2.45) is 5.73 Å². The Labute approximate surface area is 156 Å². The molecule has 0 bridgehead atoms. The van der Waals surface area contributed by atoms with E-state index in [0.717, 1.165) is 28.2 Å². The maximum Gasteiger partial charge on any atom is 0.409 e. The van der Waals surface area contributed by atoms with Crippen LogP contribution in [0.5, 0.6) is 0 Å². The van der Waals surface area contributed by atoms with Crippen molar-refractivity contribution in [3.63, 3.8) is 0 Å². The Bertz CT molecular complexity index is 977. The number of aromatic nitrogens is 1. The van der Waals surface area contributed by atoms with Gasteiger partial charge in [0, 0.05) is 34.9 Å². The third kappa shape index (κ3) is 4.27. The molecule has 7 heteroatoms. The van der Waals surface area contributed by atoms with Gasteiger partial charge < -0.3 is 21.1 Å². The van der Waals surface area contributed by atoms with E-state index in [4.69, 9.17) is 10.8 Å². The molecular weight excluding hydrogens is 344 g/mol. The second-order valence-electron chi connectivity index (χ2n) is 6.11. The van der Waals surface area contributed by atoms with Crippen molar-refractivity contribution in [3.8, 4) is 11.3 Å². The number of carboxylic acid groups (broad SMARTS) is 1. The monoisotopic (exact) mass is 364 g/mol. The Kier molecular flexibility index (Phi) is 5.12. The first kappa shape index (κ1) is 18.1. The number of aryl methyl sites for hydroxylation is 1. The highest BCUT2D eigenvalue weighted by Crippen LogP contribution is 2.29. The minimum absolute atomic E-state index is 0.462. The molecule has 0 spiro atoms. The van der Waals surface area contributed by atoms with Gasteiger partial charge in [-0.3, -0.25) is 10.1 Å². The van der Waals surface area contributed by atoms with Crippen LogP contribution in [0.15, 0.2) is 54.6 Å². The SMILES string of the molecule is Cc1[nH]c(-c2ccccc2NCc2ccc(NC(=O)O)cc2)cc1C(N)=O. The number of nitrogens with one attached hydrogen (secondary N) is 3. The Balaban J connectivity index is 1.77. The number of H-pyrrole nitrogens is 1. The summed E-state index contributed by atoms with van der Waals surface area (Å²) in [6, 6.07) is 16.6. The van der Waals surface area contributed by atoms with Crippen molar-refractivity contribution >= 4 is 23.4 Å². The third-order valence-corrected chi connectivity index (χ3v) is 4.19. The average Bonchev–Trinajstić information content (AvgIpc) is 3.03. The summed E-state index contributed by atoms with van der Waals surface area (Å²) in [5.74, 6) is -0.462. The van der Waals surface area contributed by atoms with Gasteiger partial charge in [-0.15, -0.1) is 0 Å². The quantitative estimate of drug-likeness (QED) is 0.457. The average molecular weight is 364 g/mol. The predicted molar refractivity (Wildman–Crippen MR) is 105 cm³/mol. The maximum atomic E-state index is 11.5. The minimum Gasteiger partial charge on any atom is -0.465 e. The van der Waals surface area contributed by atoms with Crippen LogP contribution >= 0.6 is 0 Å². The molecule has 1 aromatic heterocycles. The van der Waals surface area contributed by atoms with Crippen LogP contribution in [-0.2, 0) is 6.54 Å². The van der Waals surface area contributed by atoms with Crippen LogP contribution in [0, 0.1) is 6.92 Å². The molecule has 0 atom stereocenters. The number of hydrogen-bond donors (Lipinski definition) is 5. The van der Waals surface area contributed by atoms with Gasteiger partial charge in [-0.1, -0.05) is 30.3 Å². The first-order valence-electron chi connectivity index (χ1n) is 8.35. The van der Waals surface area contributed by atoms with Gasteiger partial charge in [-0.25, -0.2) is 4.79 Å². The van der Waals surface area contributed by atoms with Crippen LogP contribution in [0.25, 0.3) is 11.3 Å². The second kappa shape index (κ2) is 7.65. The van der Waals surface area contributed by atoms with Gasteiger partial charge in [-0.05, 0) is 36.8 Å². The van der Waals surface area contributed by atoms with Crippen LogP contribution in [0.4, 0.5) is 16.2 Å². The lowest BCUT2D eigenvalue weighted by atomic mass is 10.1. The van der Waals surface area contributed by atoms with Crippen LogP contribution in [-0.4, -0.2) is 22.1 Å². The zero-order valence-corrected chi connectivity index (χ0v) is 14.7. The van der Waals surface area contributed by atoms with E-state index in [1.807, 2.05) is 43.3 Å². The lowest BCUT2D eigenvalue weighted by Crippen LogP contribution is -2.10. The molecule has 0 aliphatic rings. The van der Waals surface area contributed by atoms with E-state index >= 15 is 0 Å². The lowest BCUT2D eigenvalue weighted by molar-refractivity contribution is 0.1000. The van der Waals surface area contributed by atoms with Gasteiger partial charge in [0.05, 0.1) is 5.56 Å². The number of primary amides is 1. The third-order valence-electron chi connectivity index (χ3n) is 4.19. The van der Waals surface area contributed by atoms with Crippen molar-refractivity contribution in [1.29, 1.82) is 0 Å². The Hall–Kier alpha value is -3.74. The van der Waals surface area contributed by atoms with Crippen molar-refractivity contribution in [3.05, 3.63) is 71.4 Å². The number of carbonyl (C=O) groups excluding carboxylic acids is 1. The standard InChI is InChI=1S/C20H20N4O3/c1-12-16(19(21)25)10-18(23-12)15-4-2-3-5-17(15)22-11-13-6-8-14(9-7-13)24-20(26)27/h2-10,22-24H,11H2,1H3,(H2,21,25)(H,26,27). The summed E-state index contributed by atoms with van der Waals surface area (Å²) in [4.78, 5) is 25.4. The van der Waals surface area contributed by atoms with Gasteiger partial charge in [0.15, 0.2) is 0 Å². The predicted octanol–water partition coefficient (Wildman–Crippen LogP) is 3.79. The topological polar surface area (TPSA) is 120 Å². The number of benzene rings is 2. The number of aromatic amines is 1. The lowest BCUT2D eigenvalue weighted by Gasteiger charge is -2.12. The molecule has 27 heavy (non-hydrogen) atoms. The second-order valence-corrected chi connectivity index (χ2v) is 6.11. The fraction of sp³-hybridized carbons (Fsp3) is 0.100. The molecule has 0 fully saturated rings. The highest BCUT2D eigenvalue weighted by Gasteiger charge is 2.13. The van der Waals surface area contributed by atoms with E-state index in [0.29, 0.717) is 17.8 Å². The molecule has 0 unspecified atom stereocenters. The molecule has 2 amide bonds. The molecular formula is C20H20N4O3. The molecule has 6 N–H and O–H groups in total. The number of rotatable bonds is 6. The van der Waals surface area contributed by atoms with Crippen LogP contribution in [0.2, 0.25) is 0 Å². The molecule has 0 radical (unpaired) electrons. The van der Waals surface area contributed by atoms with E-state index in [1.165, 1.54) is 0 Å². The molecule has 7 nitrogen and oxygen atoms in total. The van der Waals surface area contributed by atoms with Crippen molar-refractivity contribution in [1.82, 2.24) is 4.98 Å². The van der Waals surface area contributed by atoms with Gasteiger partial charge >= 0.3 is 6.09 Å². The normalized spacial score (nSPS) is 10.4. The molecule has 1 heterocycles. The molecule has 0 aliphatic heterocycles. The maximum absolute atomic E-state index is 11.5. The molecule has 3 rings (SSSR count). The van der Waals surface area contributed by atoms with E-state index in [-0.39, 0.29) is 0 Å². The number of amides is 2. The van der Waals surface area contributed by atoms with Crippen LogP contribution in [0.3, 0.4) is 0 Å². The number of nitrogens with two attached hydrogens (primary N) is 1. The molecule has 3 aromatic rings. The van der Waals surface area contributed by atoms with Gasteiger partial charge in [0.25, 0.3) is 5.91 Å². The van der Waals surface area contributed by atoms with E-state index in [2.05, 4.69) is 15.6 Å².